The number of nitrogen functional groups attached to an aromatic ring is 1. The molecule has 0 saturated carbocycles. The van der Waals surface area contributed by atoms with Crippen LogP contribution >= 0.6 is 11.8 Å². The molecule has 1 aromatic heterocycles. The monoisotopic (exact) mass is 509 g/mol. The molecule has 12 heteroatoms. The summed E-state index contributed by atoms with van der Waals surface area (Å²) in [6, 6.07) is 6.56. The van der Waals surface area contributed by atoms with Gasteiger partial charge in [-0.15, -0.1) is 11.8 Å². The number of nitrogens with one attached hydrogen (secondary N) is 2. The molecule has 2 rings (SSSR count). The molecule has 0 saturated heterocycles. The molecule has 0 unspecified atom stereocenters. The molecule has 1 heterocycles. The van der Waals surface area contributed by atoms with Crippen LogP contribution < -0.4 is 15.8 Å². The number of alkyl carbamates (subject to hydrolysis) is 1. The number of carbonyl (C=O) groups is 2. The number of amides is 2. The quantitative estimate of drug-likeness (QED) is 0.359. The summed E-state index contributed by atoms with van der Waals surface area (Å²) in [5.74, 6) is -0.792. The van der Waals surface area contributed by atoms with Crippen LogP contribution in [0.2, 0.25) is 0 Å². The molecule has 0 bridgehead atoms. The minimum atomic E-state index is -4.24. The van der Waals surface area contributed by atoms with Crippen molar-refractivity contribution in [2.75, 3.05) is 12.0 Å². The van der Waals surface area contributed by atoms with Gasteiger partial charge in [0.1, 0.15) is 16.7 Å². The van der Waals surface area contributed by atoms with Gasteiger partial charge in [-0.3, -0.25) is 4.79 Å². The van der Waals surface area contributed by atoms with E-state index in [-0.39, 0.29) is 23.2 Å². The van der Waals surface area contributed by atoms with Crippen LogP contribution in [0.5, 0.6) is 0 Å². The van der Waals surface area contributed by atoms with Gasteiger partial charge in [-0.05, 0) is 57.6 Å². The summed E-state index contributed by atoms with van der Waals surface area (Å²) in [5, 5.41) is 3.10. The van der Waals surface area contributed by atoms with Crippen LogP contribution in [0.1, 0.15) is 41.0 Å². The molecular formula is C22H31N5O5S2. The Morgan fingerprint density at radius 3 is 2.44 bits per heavy atom. The fourth-order valence-corrected chi connectivity index (χ4v) is 4.41. The molecule has 0 aliphatic rings. The molecule has 1 aromatic carbocycles. The van der Waals surface area contributed by atoms with Crippen molar-refractivity contribution in [2.45, 2.75) is 62.6 Å². The molecule has 2 aromatic rings. The van der Waals surface area contributed by atoms with E-state index in [1.807, 2.05) is 20.1 Å². The first-order valence-corrected chi connectivity index (χ1v) is 13.3. The smallest absolute Gasteiger partial charge is 0.408 e. The number of thioether (sulfide) groups is 1. The highest BCUT2D eigenvalue weighted by atomic mass is 32.2. The number of aromatic nitrogens is 2. The number of nitrogens with zero attached hydrogens (tertiary/aromatic N) is 2. The van der Waals surface area contributed by atoms with Crippen molar-refractivity contribution in [1.29, 1.82) is 0 Å². The second-order valence-electron chi connectivity index (χ2n) is 8.98. The van der Waals surface area contributed by atoms with Crippen LogP contribution in [0.3, 0.4) is 0 Å². The number of carbonyl (C=O) groups excluding carboxylic acids is 2. The molecule has 0 aliphatic heterocycles. The first kappa shape index (κ1) is 27.4. The number of ether oxygens (including phenoxy) is 1. The van der Waals surface area contributed by atoms with Gasteiger partial charge < -0.3 is 15.8 Å². The van der Waals surface area contributed by atoms with Gasteiger partial charge in [0, 0.05) is 5.56 Å². The second kappa shape index (κ2) is 11.0. The number of benzene rings is 1. The zero-order chi connectivity index (χ0) is 25.7. The lowest BCUT2D eigenvalue weighted by molar-refractivity contribution is -0.121. The van der Waals surface area contributed by atoms with Gasteiger partial charge in [0.15, 0.2) is 0 Å². The van der Waals surface area contributed by atoms with Crippen LogP contribution in [0.15, 0.2) is 40.3 Å². The van der Waals surface area contributed by atoms with Crippen LogP contribution in [0, 0.1) is 5.92 Å². The Hall–Kier alpha value is -2.86. The molecule has 1 atom stereocenters. The molecule has 0 spiro atoms. The lowest BCUT2D eigenvalue weighted by Gasteiger charge is -2.24. The van der Waals surface area contributed by atoms with E-state index < -0.39 is 33.7 Å². The highest BCUT2D eigenvalue weighted by Gasteiger charge is 2.29. The summed E-state index contributed by atoms with van der Waals surface area (Å²) < 4.78 is 33.2. The van der Waals surface area contributed by atoms with Gasteiger partial charge in [0.05, 0.1) is 10.6 Å². The fourth-order valence-electron chi connectivity index (χ4n) is 2.93. The Labute approximate surface area is 204 Å². The van der Waals surface area contributed by atoms with Crippen LogP contribution in [0.4, 0.5) is 10.7 Å². The second-order valence-corrected chi connectivity index (χ2v) is 11.5. The number of nitrogens with two attached hydrogens (primary N) is 1. The van der Waals surface area contributed by atoms with E-state index in [2.05, 4.69) is 20.0 Å². The minimum Gasteiger partial charge on any atom is -0.444 e. The zero-order valence-corrected chi connectivity index (χ0v) is 21.7. The third kappa shape index (κ3) is 8.17. The molecule has 34 heavy (non-hydrogen) atoms. The lowest BCUT2D eigenvalue weighted by atomic mass is 10.0. The van der Waals surface area contributed by atoms with Crippen molar-refractivity contribution in [1.82, 2.24) is 20.0 Å². The molecular weight excluding hydrogens is 478 g/mol. The standard InChI is InChI=1S/C22H31N5O5S2/c1-13(2)10-17(25-21(29)32-22(3,4)5)19(28)27-34(30,31)15-9-7-8-14(11-15)16-12-18(33-6)26-20(23)24-16/h7-9,11-13,17H,10H2,1-6H3,(H,25,29)(H,27,28)(H2,23,24,26)/t17-/m0/s1. The predicted molar refractivity (Wildman–Crippen MR) is 132 cm³/mol. The number of rotatable bonds is 8. The summed E-state index contributed by atoms with van der Waals surface area (Å²) in [6.45, 7) is 8.77. The minimum absolute atomic E-state index is 0.00516. The highest BCUT2D eigenvalue weighted by molar-refractivity contribution is 7.98. The van der Waals surface area contributed by atoms with E-state index in [9.17, 15) is 18.0 Å². The average Bonchev–Trinajstić information content (AvgIpc) is 2.71. The van der Waals surface area contributed by atoms with Crippen LogP contribution in [-0.2, 0) is 19.6 Å². The van der Waals surface area contributed by atoms with Crippen molar-refractivity contribution in [3.05, 3.63) is 30.3 Å². The number of sulfonamides is 1. The normalized spacial score (nSPS) is 12.8. The van der Waals surface area contributed by atoms with Crippen molar-refractivity contribution in [3.63, 3.8) is 0 Å². The largest absolute Gasteiger partial charge is 0.444 e. The Morgan fingerprint density at radius 2 is 1.85 bits per heavy atom. The fraction of sp³-hybridized carbons (Fsp3) is 0.455. The molecule has 0 fully saturated rings. The highest BCUT2D eigenvalue weighted by Crippen LogP contribution is 2.25. The number of hydrogen-bond acceptors (Lipinski definition) is 9. The molecule has 10 nitrogen and oxygen atoms in total. The summed E-state index contributed by atoms with van der Waals surface area (Å²) in [4.78, 5) is 33.2. The summed E-state index contributed by atoms with van der Waals surface area (Å²) >= 11 is 1.37. The first-order chi connectivity index (χ1) is 15.7. The Bertz CT molecular complexity index is 1150. The maximum Gasteiger partial charge on any atom is 0.408 e. The predicted octanol–water partition coefficient (Wildman–Crippen LogP) is 3.19. The van der Waals surface area contributed by atoms with Gasteiger partial charge in [0.25, 0.3) is 15.9 Å². The number of anilines is 1. The Morgan fingerprint density at radius 1 is 1.18 bits per heavy atom. The van der Waals surface area contributed by atoms with Gasteiger partial charge in [0.2, 0.25) is 5.95 Å². The van der Waals surface area contributed by atoms with E-state index in [1.165, 1.54) is 30.0 Å². The van der Waals surface area contributed by atoms with Crippen molar-refractivity contribution in [3.8, 4) is 11.3 Å². The molecule has 0 aliphatic carbocycles. The molecule has 4 N–H and O–H groups in total. The Balaban J connectivity index is 2.28. The van der Waals surface area contributed by atoms with Gasteiger partial charge in [-0.1, -0.05) is 26.0 Å². The maximum atomic E-state index is 13.0. The van der Waals surface area contributed by atoms with Crippen LogP contribution in [-0.4, -0.2) is 48.3 Å². The van der Waals surface area contributed by atoms with Gasteiger partial charge in [-0.25, -0.2) is 27.9 Å². The van der Waals surface area contributed by atoms with Crippen molar-refractivity contribution >= 4 is 39.7 Å². The third-order valence-electron chi connectivity index (χ3n) is 4.32. The maximum absolute atomic E-state index is 13.0. The SMILES string of the molecule is CSc1cc(-c2cccc(S(=O)(=O)NC(=O)[C@H](CC(C)C)NC(=O)OC(C)(C)C)c2)nc(N)n1. The summed E-state index contributed by atoms with van der Waals surface area (Å²) in [7, 11) is -4.24. The molecule has 0 radical (unpaired) electrons. The first-order valence-electron chi connectivity index (χ1n) is 10.6. The number of hydrogen-bond donors (Lipinski definition) is 3. The zero-order valence-electron chi connectivity index (χ0n) is 20.1. The lowest BCUT2D eigenvalue weighted by Crippen LogP contribution is -2.50. The van der Waals surface area contributed by atoms with E-state index in [0.717, 1.165) is 0 Å². The molecule has 2 amide bonds. The third-order valence-corrected chi connectivity index (χ3v) is 6.29. The van der Waals surface area contributed by atoms with Gasteiger partial charge in [-0.2, -0.15) is 0 Å². The van der Waals surface area contributed by atoms with E-state index >= 15 is 0 Å². The summed E-state index contributed by atoms with van der Waals surface area (Å²) in [6.07, 6.45) is 1.25. The van der Waals surface area contributed by atoms with E-state index in [4.69, 9.17) is 10.5 Å². The topological polar surface area (TPSA) is 153 Å². The van der Waals surface area contributed by atoms with Gasteiger partial charge >= 0.3 is 6.09 Å². The molecule has 186 valence electrons. The van der Waals surface area contributed by atoms with Crippen molar-refractivity contribution < 1.29 is 22.7 Å². The Kier molecular flexibility index (Phi) is 8.89. The van der Waals surface area contributed by atoms with E-state index in [0.29, 0.717) is 16.3 Å². The van der Waals surface area contributed by atoms with Crippen LogP contribution in [0.25, 0.3) is 11.3 Å². The summed E-state index contributed by atoms with van der Waals surface area (Å²) in [5.41, 5.74) is 5.93. The van der Waals surface area contributed by atoms with Crippen molar-refractivity contribution in [2.24, 2.45) is 5.92 Å². The average molecular weight is 510 g/mol. The van der Waals surface area contributed by atoms with E-state index in [1.54, 1.807) is 32.9 Å².